The van der Waals surface area contributed by atoms with Crippen LogP contribution in [0, 0.1) is 0 Å². The molecule has 1 rings (SSSR count). The highest BCUT2D eigenvalue weighted by molar-refractivity contribution is 5.85. The van der Waals surface area contributed by atoms with Gasteiger partial charge in [-0.25, -0.2) is 4.79 Å². The Hall–Kier alpha value is -1.26. The molecule has 12 heavy (non-hydrogen) atoms. The number of carboxylic acid groups (broad SMARTS) is 1. The van der Waals surface area contributed by atoms with Crippen LogP contribution in [0.1, 0.15) is 13.3 Å². The zero-order valence-corrected chi connectivity index (χ0v) is 6.91. The second-order valence-corrected chi connectivity index (χ2v) is 2.80. The van der Waals surface area contributed by atoms with Crippen LogP contribution in [0.4, 0.5) is 4.79 Å². The molecule has 0 spiro atoms. The molecule has 0 saturated carbocycles. The fourth-order valence-electron chi connectivity index (χ4n) is 1.21. The van der Waals surface area contributed by atoms with E-state index >= 15 is 0 Å². The van der Waals surface area contributed by atoms with Crippen molar-refractivity contribution in [3.05, 3.63) is 0 Å². The molecule has 1 aliphatic heterocycles. The third-order valence-electron chi connectivity index (χ3n) is 1.97. The van der Waals surface area contributed by atoms with Crippen LogP contribution in [0.15, 0.2) is 0 Å². The van der Waals surface area contributed by atoms with Gasteiger partial charge in [0, 0.05) is 13.1 Å². The fourth-order valence-corrected chi connectivity index (χ4v) is 1.21. The van der Waals surface area contributed by atoms with E-state index in [1.54, 1.807) is 6.92 Å². The van der Waals surface area contributed by atoms with Gasteiger partial charge >= 0.3 is 6.09 Å². The largest absolute Gasteiger partial charge is 0.465 e. The van der Waals surface area contributed by atoms with Gasteiger partial charge in [0.2, 0.25) is 5.91 Å². The van der Waals surface area contributed by atoms with Crippen molar-refractivity contribution < 1.29 is 14.7 Å². The van der Waals surface area contributed by atoms with Crippen molar-refractivity contribution in [1.29, 1.82) is 0 Å². The second-order valence-electron chi connectivity index (χ2n) is 2.80. The molecule has 2 amide bonds. The normalized spacial score (nSPS) is 24.6. The van der Waals surface area contributed by atoms with Crippen molar-refractivity contribution in [2.45, 2.75) is 19.4 Å². The Morgan fingerprint density at radius 3 is 3.00 bits per heavy atom. The summed E-state index contributed by atoms with van der Waals surface area (Å²) in [7, 11) is 0. The maximum Gasteiger partial charge on any atom is 0.407 e. The van der Waals surface area contributed by atoms with Crippen LogP contribution in [-0.4, -0.2) is 41.1 Å². The van der Waals surface area contributed by atoms with Crippen LogP contribution in [-0.2, 0) is 4.79 Å². The van der Waals surface area contributed by atoms with E-state index in [2.05, 4.69) is 5.32 Å². The first kappa shape index (κ1) is 8.83. The molecule has 0 bridgehead atoms. The lowest BCUT2D eigenvalue weighted by atomic mass is 10.3. The van der Waals surface area contributed by atoms with E-state index in [9.17, 15) is 9.59 Å². The first-order valence-corrected chi connectivity index (χ1v) is 3.90. The van der Waals surface area contributed by atoms with Gasteiger partial charge in [0.05, 0.1) is 0 Å². The quantitative estimate of drug-likeness (QED) is 0.535. The van der Waals surface area contributed by atoms with Crippen molar-refractivity contribution in [2.24, 2.45) is 0 Å². The predicted molar refractivity (Wildman–Crippen MR) is 41.8 cm³/mol. The van der Waals surface area contributed by atoms with Gasteiger partial charge < -0.3 is 10.4 Å². The first-order chi connectivity index (χ1) is 5.63. The lowest BCUT2D eigenvalue weighted by Crippen LogP contribution is -2.44. The van der Waals surface area contributed by atoms with E-state index in [1.165, 1.54) is 0 Å². The molecule has 1 saturated heterocycles. The molecular formula is C7H12N2O3. The number of hydrogen-bond donors (Lipinski definition) is 2. The summed E-state index contributed by atoms with van der Waals surface area (Å²) in [6.07, 6.45) is -0.345. The zero-order valence-electron chi connectivity index (χ0n) is 6.91. The summed E-state index contributed by atoms with van der Waals surface area (Å²) in [5, 5.41) is 11.3. The summed E-state index contributed by atoms with van der Waals surface area (Å²) in [5.74, 6) is -0.213. The highest BCUT2D eigenvalue weighted by Crippen LogP contribution is 2.04. The topological polar surface area (TPSA) is 69.6 Å². The van der Waals surface area contributed by atoms with Crippen LogP contribution in [0.5, 0.6) is 0 Å². The average molecular weight is 172 g/mol. The van der Waals surface area contributed by atoms with Gasteiger partial charge in [0.15, 0.2) is 0 Å². The van der Waals surface area contributed by atoms with E-state index in [0.717, 1.165) is 4.90 Å². The standard InChI is InChI=1S/C7H12N2O3/c1-5-6(10)8-3-2-4-9(5)7(11)12/h5H,2-4H2,1H3,(H,8,10)(H,11,12)/t5-/m1/s1. The Morgan fingerprint density at radius 1 is 1.75 bits per heavy atom. The summed E-state index contributed by atoms with van der Waals surface area (Å²) in [6, 6.07) is -0.565. The molecule has 1 aliphatic rings. The lowest BCUT2D eigenvalue weighted by molar-refractivity contribution is -0.124. The molecule has 68 valence electrons. The highest BCUT2D eigenvalue weighted by atomic mass is 16.4. The Labute approximate surface area is 70.4 Å². The monoisotopic (exact) mass is 172 g/mol. The average Bonchev–Trinajstić information content (AvgIpc) is 2.15. The molecule has 5 nitrogen and oxygen atoms in total. The second kappa shape index (κ2) is 3.42. The predicted octanol–water partition coefficient (Wildman–Crippen LogP) is -0.125. The highest BCUT2D eigenvalue weighted by Gasteiger charge is 2.26. The summed E-state index contributed by atoms with van der Waals surface area (Å²) in [5.41, 5.74) is 0. The number of carbonyl (C=O) groups is 2. The van der Waals surface area contributed by atoms with Crippen molar-refractivity contribution in [3.8, 4) is 0 Å². The van der Waals surface area contributed by atoms with Crippen LogP contribution in [0.25, 0.3) is 0 Å². The minimum absolute atomic E-state index is 0.213. The number of rotatable bonds is 0. The molecule has 2 N–H and O–H groups in total. The number of nitrogens with one attached hydrogen (secondary N) is 1. The van der Waals surface area contributed by atoms with Crippen molar-refractivity contribution in [1.82, 2.24) is 10.2 Å². The molecule has 0 radical (unpaired) electrons. The molecule has 1 atom stereocenters. The van der Waals surface area contributed by atoms with Gasteiger partial charge in [-0.2, -0.15) is 0 Å². The molecule has 1 fully saturated rings. The summed E-state index contributed by atoms with van der Waals surface area (Å²) < 4.78 is 0. The van der Waals surface area contributed by atoms with Gasteiger partial charge in [-0.15, -0.1) is 0 Å². The van der Waals surface area contributed by atoms with Crippen LogP contribution < -0.4 is 5.32 Å². The number of carbonyl (C=O) groups excluding carboxylic acids is 1. The number of amides is 2. The minimum Gasteiger partial charge on any atom is -0.465 e. The van der Waals surface area contributed by atoms with Crippen LogP contribution in [0.2, 0.25) is 0 Å². The Bertz CT molecular complexity index is 205. The van der Waals surface area contributed by atoms with Crippen LogP contribution in [0.3, 0.4) is 0 Å². The maximum absolute atomic E-state index is 11.1. The lowest BCUT2D eigenvalue weighted by Gasteiger charge is -2.21. The molecule has 0 unspecified atom stereocenters. The van der Waals surface area contributed by atoms with E-state index in [0.29, 0.717) is 19.5 Å². The van der Waals surface area contributed by atoms with Crippen molar-refractivity contribution >= 4 is 12.0 Å². The van der Waals surface area contributed by atoms with E-state index in [1.807, 2.05) is 0 Å². The molecule has 0 aromatic carbocycles. The van der Waals surface area contributed by atoms with Gasteiger partial charge in [-0.1, -0.05) is 0 Å². The van der Waals surface area contributed by atoms with Gasteiger partial charge in [-0.05, 0) is 13.3 Å². The van der Waals surface area contributed by atoms with Crippen molar-refractivity contribution in [2.75, 3.05) is 13.1 Å². The Balaban J connectivity index is 2.70. The maximum atomic E-state index is 11.1. The van der Waals surface area contributed by atoms with Gasteiger partial charge in [-0.3, -0.25) is 9.69 Å². The molecule has 5 heteroatoms. The smallest absolute Gasteiger partial charge is 0.407 e. The summed E-state index contributed by atoms with van der Waals surface area (Å²) >= 11 is 0. The summed E-state index contributed by atoms with van der Waals surface area (Å²) in [6.45, 7) is 2.58. The fraction of sp³-hybridized carbons (Fsp3) is 0.714. The first-order valence-electron chi connectivity index (χ1n) is 3.90. The van der Waals surface area contributed by atoms with Crippen LogP contribution >= 0.6 is 0 Å². The molecule has 0 aliphatic carbocycles. The zero-order chi connectivity index (χ0) is 9.14. The van der Waals surface area contributed by atoms with E-state index < -0.39 is 12.1 Å². The number of nitrogens with zero attached hydrogens (tertiary/aromatic N) is 1. The van der Waals surface area contributed by atoms with E-state index in [-0.39, 0.29) is 5.91 Å². The third kappa shape index (κ3) is 1.66. The molecule has 0 aromatic rings. The minimum atomic E-state index is -1.03. The molecule has 1 heterocycles. The Morgan fingerprint density at radius 2 is 2.42 bits per heavy atom. The van der Waals surface area contributed by atoms with Crippen molar-refractivity contribution in [3.63, 3.8) is 0 Å². The SMILES string of the molecule is C[C@@H]1C(=O)NCCCN1C(=O)O. The Kier molecular flexibility index (Phi) is 2.52. The summed E-state index contributed by atoms with van der Waals surface area (Å²) in [4.78, 5) is 22.9. The molecule has 0 aromatic heterocycles. The molecular weight excluding hydrogens is 160 g/mol. The third-order valence-corrected chi connectivity index (χ3v) is 1.97. The number of hydrogen-bond acceptors (Lipinski definition) is 2. The van der Waals surface area contributed by atoms with Gasteiger partial charge in [0.25, 0.3) is 0 Å². The van der Waals surface area contributed by atoms with Gasteiger partial charge in [0.1, 0.15) is 6.04 Å². The van der Waals surface area contributed by atoms with E-state index in [4.69, 9.17) is 5.11 Å².